The maximum Gasteiger partial charge on any atom is 0.506 e. The number of carboxylic acid groups (broad SMARTS) is 1. The monoisotopic (exact) mass is 184 g/mol. The SMILES string of the molecule is O=C(O)O[C@@]12CCCC(=O)[C@@H]1CC2. The number of hydrogen-bond donors (Lipinski definition) is 1. The lowest BCUT2D eigenvalue weighted by Gasteiger charge is -2.49. The smallest absolute Gasteiger partial charge is 0.450 e. The third kappa shape index (κ3) is 1.20. The Hall–Kier alpha value is -1.06. The van der Waals surface area contributed by atoms with Crippen molar-refractivity contribution in [3.63, 3.8) is 0 Å². The molecule has 0 radical (unpaired) electrons. The first-order valence-corrected chi connectivity index (χ1v) is 4.59. The third-order valence-corrected chi connectivity index (χ3v) is 3.19. The summed E-state index contributed by atoms with van der Waals surface area (Å²) in [6.07, 6.45) is 2.34. The van der Waals surface area contributed by atoms with Crippen molar-refractivity contribution in [2.45, 2.75) is 37.7 Å². The van der Waals surface area contributed by atoms with Crippen LogP contribution in [0, 0.1) is 5.92 Å². The molecule has 72 valence electrons. The zero-order valence-electron chi connectivity index (χ0n) is 7.28. The highest BCUT2D eigenvalue weighted by Gasteiger charge is 2.55. The molecule has 0 amide bonds. The molecular formula is C9H12O4. The van der Waals surface area contributed by atoms with Gasteiger partial charge in [0.1, 0.15) is 11.4 Å². The minimum atomic E-state index is -1.25. The molecule has 2 saturated carbocycles. The molecule has 4 nitrogen and oxygen atoms in total. The lowest BCUT2D eigenvalue weighted by atomic mass is 9.61. The van der Waals surface area contributed by atoms with Crippen LogP contribution in [0.15, 0.2) is 0 Å². The summed E-state index contributed by atoms with van der Waals surface area (Å²) in [4.78, 5) is 21.8. The van der Waals surface area contributed by atoms with Gasteiger partial charge in [-0.15, -0.1) is 0 Å². The van der Waals surface area contributed by atoms with Gasteiger partial charge in [0.2, 0.25) is 0 Å². The predicted molar refractivity (Wildman–Crippen MR) is 43.4 cm³/mol. The number of rotatable bonds is 1. The van der Waals surface area contributed by atoms with E-state index in [-0.39, 0.29) is 11.7 Å². The van der Waals surface area contributed by atoms with Crippen molar-refractivity contribution in [2.24, 2.45) is 5.92 Å². The molecule has 0 heterocycles. The number of carbonyl (C=O) groups is 2. The average Bonchev–Trinajstić information content (AvgIpc) is 1.97. The highest BCUT2D eigenvalue weighted by Crippen LogP contribution is 2.49. The van der Waals surface area contributed by atoms with Gasteiger partial charge in [-0.05, 0) is 25.7 Å². The van der Waals surface area contributed by atoms with Gasteiger partial charge in [0.05, 0.1) is 5.92 Å². The Balaban J connectivity index is 2.12. The van der Waals surface area contributed by atoms with Gasteiger partial charge in [0, 0.05) is 6.42 Å². The number of Topliss-reactive ketones (excluding diaryl/α,β-unsaturated/α-hetero) is 1. The Morgan fingerprint density at radius 3 is 2.85 bits per heavy atom. The summed E-state index contributed by atoms with van der Waals surface area (Å²) in [5.74, 6) is 0.0381. The first-order valence-electron chi connectivity index (χ1n) is 4.59. The molecule has 0 bridgehead atoms. The summed E-state index contributed by atoms with van der Waals surface area (Å²) in [5.41, 5.74) is -0.638. The molecule has 0 spiro atoms. The van der Waals surface area contributed by atoms with Gasteiger partial charge in [0.15, 0.2) is 0 Å². The molecular weight excluding hydrogens is 172 g/mol. The highest BCUT2D eigenvalue weighted by atomic mass is 16.7. The number of carbonyl (C=O) groups excluding carboxylic acids is 1. The van der Waals surface area contributed by atoms with Crippen LogP contribution >= 0.6 is 0 Å². The van der Waals surface area contributed by atoms with Crippen LogP contribution in [0.3, 0.4) is 0 Å². The van der Waals surface area contributed by atoms with Crippen LogP contribution in [0.5, 0.6) is 0 Å². The van der Waals surface area contributed by atoms with Crippen molar-refractivity contribution in [1.29, 1.82) is 0 Å². The lowest BCUT2D eigenvalue weighted by Crippen LogP contribution is -2.56. The molecule has 2 aliphatic carbocycles. The van der Waals surface area contributed by atoms with E-state index in [9.17, 15) is 9.59 Å². The van der Waals surface area contributed by atoms with E-state index in [1.807, 2.05) is 0 Å². The maximum absolute atomic E-state index is 11.4. The Labute approximate surface area is 75.9 Å². The summed E-state index contributed by atoms with van der Waals surface area (Å²) in [5, 5.41) is 8.54. The van der Waals surface area contributed by atoms with Crippen LogP contribution in [0.1, 0.15) is 32.1 Å². The van der Waals surface area contributed by atoms with Gasteiger partial charge < -0.3 is 9.84 Å². The fraction of sp³-hybridized carbons (Fsp3) is 0.778. The summed E-state index contributed by atoms with van der Waals surface area (Å²) < 4.78 is 4.84. The Morgan fingerprint density at radius 2 is 2.31 bits per heavy atom. The van der Waals surface area contributed by atoms with Crippen molar-refractivity contribution in [3.05, 3.63) is 0 Å². The predicted octanol–water partition coefficient (Wildman–Crippen LogP) is 1.58. The summed E-state index contributed by atoms with van der Waals surface area (Å²) in [6, 6.07) is 0. The van der Waals surface area contributed by atoms with Crippen LogP contribution < -0.4 is 0 Å². The van der Waals surface area contributed by atoms with Gasteiger partial charge in [-0.25, -0.2) is 4.79 Å². The number of ketones is 1. The van der Waals surface area contributed by atoms with Crippen molar-refractivity contribution in [3.8, 4) is 0 Å². The zero-order chi connectivity index (χ0) is 9.47. The van der Waals surface area contributed by atoms with Crippen molar-refractivity contribution < 1.29 is 19.4 Å². The minimum Gasteiger partial charge on any atom is -0.450 e. The maximum atomic E-state index is 11.4. The Bertz CT molecular complexity index is 260. The zero-order valence-corrected chi connectivity index (χ0v) is 7.28. The lowest BCUT2D eigenvalue weighted by molar-refractivity contribution is -0.161. The van der Waals surface area contributed by atoms with E-state index in [4.69, 9.17) is 9.84 Å². The summed E-state index contributed by atoms with van der Waals surface area (Å²) in [7, 11) is 0. The van der Waals surface area contributed by atoms with E-state index in [1.165, 1.54) is 0 Å². The molecule has 0 aromatic rings. The van der Waals surface area contributed by atoms with E-state index < -0.39 is 11.8 Å². The van der Waals surface area contributed by atoms with Gasteiger partial charge in [-0.1, -0.05) is 0 Å². The third-order valence-electron chi connectivity index (χ3n) is 3.19. The van der Waals surface area contributed by atoms with Crippen molar-refractivity contribution in [1.82, 2.24) is 0 Å². The molecule has 13 heavy (non-hydrogen) atoms. The average molecular weight is 184 g/mol. The molecule has 2 rings (SSSR count). The largest absolute Gasteiger partial charge is 0.506 e. The molecule has 0 unspecified atom stereocenters. The molecule has 0 aromatic heterocycles. The molecule has 2 aliphatic rings. The second-order valence-corrected chi connectivity index (χ2v) is 3.84. The quantitative estimate of drug-likeness (QED) is 0.628. The Morgan fingerprint density at radius 1 is 1.54 bits per heavy atom. The first-order chi connectivity index (χ1) is 6.14. The first kappa shape index (κ1) is 8.53. The second-order valence-electron chi connectivity index (χ2n) is 3.84. The fourth-order valence-corrected chi connectivity index (χ4v) is 2.45. The molecule has 1 N–H and O–H groups in total. The molecule has 2 fully saturated rings. The molecule has 0 saturated heterocycles. The number of hydrogen-bond acceptors (Lipinski definition) is 3. The van der Waals surface area contributed by atoms with E-state index in [2.05, 4.69) is 0 Å². The van der Waals surface area contributed by atoms with Crippen LogP contribution in [0.4, 0.5) is 4.79 Å². The van der Waals surface area contributed by atoms with Gasteiger partial charge in [-0.3, -0.25) is 4.79 Å². The van der Waals surface area contributed by atoms with E-state index in [0.29, 0.717) is 6.42 Å². The summed E-state index contributed by atoms with van der Waals surface area (Å²) in [6.45, 7) is 0. The van der Waals surface area contributed by atoms with Gasteiger partial charge in [0.25, 0.3) is 0 Å². The number of ether oxygens (including phenoxy) is 1. The topological polar surface area (TPSA) is 63.6 Å². The molecule has 0 aliphatic heterocycles. The molecule has 4 heteroatoms. The van der Waals surface area contributed by atoms with Crippen molar-refractivity contribution >= 4 is 11.9 Å². The van der Waals surface area contributed by atoms with Crippen molar-refractivity contribution in [2.75, 3.05) is 0 Å². The van der Waals surface area contributed by atoms with Crippen LogP contribution in [0.25, 0.3) is 0 Å². The number of fused-ring (bicyclic) bond motifs is 1. The van der Waals surface area contributed by atoms with E-state index >= 15 is 0 Å². The fourth-order valence-electron chi connectivity index (χ4n) is 2.45. The van der Waals surface area contributed by atoms with Gasteiger partial charge in [-0.2, -0.15) is 0 Å². The molecule has 0 aromatic carbocycles. The second kappa shape index (κ2) is 2.72. The standard InChI is InChI=1S/C9H12O4/c10-7-2-1-4-9(13-8(11)12)5-3-6(7)9/h6H,1-5H2,(H,11,12)/t6-,9+/m0/s1. The van der Waals surface area contributed by atoms with Crippen LogP contribution in [-0.2, 0) is 9.53 Å². The highest BCUT2D eigenvalue weighted by molar-refractivity contribution is 5.84. The summed E-state index contributed by atoms with van der Waals surface area (Å²) >= 11 is 0. The van der Waals surface area contributed by atoms with E-state index in [0.717, 1.165) is 25.7 Å². The Kier molecular flexibility index (Phi) is 1.78. The van der Waals surface area contributed by atoms with Crippen LogP contribution in [-0.4, -0.2) is 22.6 Å². The minimum absolute atomic E-state index is 0.141. The van der Waals surface area contributed by atoms with E-state index in [1.54, 1.807) is 0 Å². The molecule has 2 atom stereocenters. The normalized spacial score (nSPS) is 37.5. The van der Waals surface area contributed by atoms with Gasteiger partial charge >= 0.3 is 6.16 Å². The van der Waals surface area contributed by atoms with Crippen LogP contribution in [0.2, 0.25) is 0 Å².